The molecule has 0 radical (unpaired) electrons. The van der Waals surface area contributed by atoms with Crippen LogP contribution in [0.25, 0.3) is 11.3 Å². The lowest BCUT2D eigenvalue weighted by Crippen LogP contribution is -1.93. The number of aryl methyl sites for hydroxylation is 2. The molecule has 2 rings (SSSR count). The highest BCUT2D eigenvalue weighted by molar-refractivity contribution is 6.32. The van der Waals surface area contributed by atoms with Crippen molar-refractivity contribution in [3.05, 3.63) is 45.8 Å². The molecule has 0 aliphatic rings. The molecule has 0 bridgehead atoms. The van der Waals surface area contributed by atoms with E-state index in [9.17, 15) is 0 Å². The molecule has 0 spiro atoms. The van der Waals surface area contributed by atoms with Gasteiger partial charge in [0.25, 0.3) is 0 Å². The first-order valence-electron chi connectivity index (χ1n) is 4.84. The fourth-order valence-electron chi connectivity index (χ4n) is 1.74. The topological polar surface area (TPSA) is 25.8 Å². The van der Waals surface area contributed by atoms with E-state index in [4.69, 9.17) is 23.2 Å². The number of hydrogen-bond donors (Lipinski definition) is 0. The molecule has 82 valence electrons. The molecule has 0 aliphatic heterocycles. The second kappa shape index (κ2) is 4.40. The van der Waals surface area contributed by atoms with Crippen LogP contribution in [0.15, 0.2) is 24.3 Å². The summed E-state index contributed by atoms with van der Waals surface area (Å²) < 4.78 is 0. The van der Waals surface area contributed by atoms with Gasteiger partial charge in [0.2, 0.25) is 5.28 Å². The first-order valence-corrected chi connectivity index (χ1v) is 5.60. The Morgan fingerprint density at radius 3 is 2.19 bits per heavy atom. The van der Waals surface area contributed by atoms with Gasteiger partial charge in [-0.3, -0.25) is 0 Å². The summed E-state index contributed by atoms with van der Waals surface area (Å²) in [5.74, 6) is 0. The molecule has 0 fully saturated rings. The summed E-state index contributed by atoms with van der Waals surface area (Å²) in [5.41, 5.74) is 4.12. The average Bonchev–Trinajstić information content (AvgIpc) is 2.15. The first-order chi connectivity index (χ1) is 7.58. The van der Waals surface area contributed by atoms with E-state index in [1.54, 1.807) is 6.07 Å². The van der Waals surface area contributed by atoms with E-state index in [0.29, 0.717) is 5.15 Å². The van der Waals surface area contributed by atoms with Crippen molar-refractivity contribution in [1.29, 1.82) is 0 Å². The van der Waals surface area contributed by atoms with Gasteiger partial charge in [-0.1, -0.05) is 29.8 Å². The lowest BCUT2D eigenvalue weighted by molar-refractivity contribution is 1.16. The number of rotatable bonds is 1. The number of hydrogen-bond acceptors (Lipinski definition) is 2. The summed E-state index contributed by atoms with van der Waals surface area (Å²) >= 11 is 11.7. The molecule has 0 amide bonds. The summed E-state index contributed by atoms with van der Waals surface area (Å²) in [6.45, 7) is 4.07. The van der Waals surface area contributed by atoms with E-state index in [1.807, 2.05) is 32.0 Å². The van der Waals surface area contributed by atoms with Gasteiger partial charge in [-0.05, 0) is 36.6 Å². The molecule has 2 nitrogen and oxygen atoms in total. The third-order valence-corrected chi connectivity index (χ3v) is 2.77. The van der Waals surface area contributed by atoms with Gasteiger partial charge in [-0.2, -0.15) is 0 Å². The van der Waals surface area contributed by atoms with Crippen LogP contribution in [0, 0.1) is 13.8 Å². The molecule has 0 atom stereocenters. The van der Waals surface area contributed by atoms with Gasteiger partial charge in [0.1, 0.15) is 5.15 Å². The van der Waals surface area contributed by atoms with Gasteiger partial charge < -0.3 is 0 Å². The lowest BCUT2D eigenvalue weighted by Gasteiger charge is -2.09. The van der Waals surface area contributed by atoms with Crippen LogP contribution in [0.5, 0.6) is 0 Å². The maximum Gasteiger partial charge on any atom is 0.224 e. The van der Waals surface area contributed by atoms with Crippen molar-refractivity contribution in [2.75, 3.05) is 0 Å². The van der Waals surface area contributed by atoms with Crippen molar-refractivity contribution in [3.8, 4) is 11.3 Å². The Morgan fingerprint density at radius 1 is 1.00 bits per heavy atom. The van der Waals surface area contributed by atoms with Crippen LogP contribution in [-0.2, 0) is 0 Å². The Balaban J connectivity index is 2.67. The quantitative estimate of drug-likeness (QED) is 0.565. The van der Waals surface area contributed by atoms with Gasteiger partial charge in [0, 0.05) is 11.6 Å². The van der Waals surface area contributed by atoms with E-state index in [2.05, 4.69) is 9.97 Å². The summed E-state index contributed by atoms with van der Waals surface area (Å²) in [6, 6.07) is 7.81. The first kappa shape index (κ1) is 11.4. The minimum atomic E-state index is 0.171. The van der Waals surface area contributed by atoms with Crippen LogP contribution in [-0.4, -0.2) is 9.97 Å². The van der Waals surface area contributed by atoms with E-state index in [1.165, 1.54) is 0 Å². The summed E-state index contributed by atoms with van der Waals surface area (Å²) in [7, 11) is 0. The molecule has 0 unspecified atom stereocenters. The van der Waals surface area contributed by atoms with Crippen LogP contribution < -0.4 is 0 Å². The molecule has 2 aromatic rings. The van der Waals surface area contributed by atoms with E-state index >= 15 is 0 Å². The molecule has 1 aromatic heterocycles. The minimum Gasteiger partial charge on any atom is -0.218 e. The average molecular weight is 253 g/mol. The Bertz CT molecular complexity index is 498. The van der Waals surface area contributed by atoms with Crippen molar-refractivity contribution in [2.24, 2.45) is 0 Å². The maximum atomic E-state index is 5.87. The van der Waals surface area contributed by atoms with Crippen molar-refractivity contribution in [2.45, 2.75) is 13.8 Å². The van der Waals surface area contributed by atoms with Crippen LogP contribution in [0.1, 0.15) is 11.1 Å². The van der Waals surface area contributed by atoms with Crippen molar-refractivity contribution in [1.82, 2.24) is 9.97 Å². The second-order valence-corrected chi connectivity index (χ2v) is 4.34. The Kier molecular flexibility index (Phi) is 3.13. The largest absolute Gasteiger partial charge is 0.224 e. The highest BCUT2D eigenvalue weighted by Crippen LogP contribution is 2.27. The van der Waals surface area contributed by atoms with Gasteiger partial charge in [-0.25, -0.2) is 9.97 Å². The van der Waals surface area contributed by atoms with Crippen LogP contribution in [0.4, 0.5) is 0 Å². The van der Waals surface area contributed by atoms with Gasteiger partial charge in [0.05, 0.1) is 5.69 Å². The zero-order valence-electron chi connectivity index (χ0n) is 8.96. The summed E-state index contributed by atoms with van der Waals surface area (Å²) in [5, 5.41) is 0.530. The maximum absolute atomic E-state index is 5.87. The number of nitrogens with zero attached hydrogens (tertiary/aromatic N) is 2. The van der Waals surface area contributed by atoms with Gasteiger partial charge in [-0.15, -0.1) is 0 Å². The van der Waals surface area contributed by atoms with E-state index in [-0.39, 0.29) is 5.28 Å². The van der Waals surface area contributed by atoms with Crippen LogP contribution in [0.2, 0.25) is 10.4 Å². The highest BCUT2D eigenvalue weighted by Gasteiger charge is 2.09. The van der Waals surface area contributed by atoms with Crippen molar-refractivity contribution < 1.29 is 0 Å². The Morgan fingerprint density at radius 2 is 1.62 bits per heavy atom. The fraction of sp³-hybridized carbons (Fsp3) is 0.167. The zero-order chi connectivity index (χ0) is 11.7. The number of aromatic nitrogens is 2. The molecule has 1 heterocycles. The SMILES string of the molecule is Cc1cccc(C)c1-c1cc(Cl)nc(Cl)n1. The minimum absolute atomic E-state index is 0.171. The Hall–Kier alpha value is -1.12. The summed E-state index contributed by atoms with van der Waals surface area (Å²) in [6.07, 6.45) is 0. The van der Waals surface area contributed by atoms with Crippen molar-refractivity contribution in [3.63, 3.8) is 0 Å². The molecule has 0 aliphatic carbocycles. The zero-order valence-corrected chi connectivity index (χ0v) is 10.5. The number of halogens is 2. The smallest absolute Gasteiger partial charge is 0.218 e. The molecule has 0 N–H and O–H groups in total. The third-order valence-electron chi connectivity index (χ3n) is 2.40. The molecule has 1 aromatic carbocycles. The third kappa shape index (κ3) is 2.18. The summed E-state index contributed by atoms with van der Waals surface area (Å²) in [4.78, 5) is 8.03. The predicted octanol–water partition coefficient (Wildman–Crippen LogP) is 4.07. The van der Waals surface area contributed by atoms with Gasteiger partial charge >= 0.3 is 0 Å². The lowest BCUT2D eigenvalue weighted by atomic mass is 10.0. The monoisotopic (exact) mass is 252 g/mol. The molecule has 16 heavy (non-hydrogen) atoms. The van der Waals surface area contributed by atoms with Crippen molar-refractivity contribution >= 4 is 23.2 Å². The molecular weight excluding hydrogens is 243 g/mol. The Labute approximate surface area is 104 Å². The molecular formula is C12H10Cl2N2. The molecule has 0 saturated carbocycles. The fourth-order valence-corrected chi connectivity index (χ4v) is 2.15. The standard InChI is InChI=1S/C12H10Cl2N2/c1-7-4-3-5-8(2)11(7)9-6-10(13)16-12(14)15-9/h3-6H,1-2H3. The normalized spacial score (nSPS) is 10.5. The highest BCUT2D eigenvalue weighted by atomic mass is 35.5. The predicted molar refractivity (Wildman–Crippen MR) is 67.0 cm³/mol. The van der Waals surface area contributed by atoms with Crippen LogP contribution >= 0.6 is 23.2 Å². The van der Waals surface area contributed by atoms with Crippen LogP contribution in [0.3, 0.4) is 0 Å². The van der Waals surface area contributed by atoms with E-state index in [0.717, 1.165) is 22.4 Å². The second-order valence-electron chi connectivity index (χ2n) is 3.61. The molecule has 4 heteroatoms. The molecule has 0 saturated heterocycles. The number of benzene rings is 1. The van der Waals surface area contributed by atoms with Gasteiger partial charge in [0.15, 0.2) is 0 Å². The van der Waals surface area contributed by atoms with E-state index < -0.39 is 0 Å².